The SMILES string of the molecule is CC(C)(C)C(=O)N1CCN(C(=O)Nc2cc(C(F)(F)F)ccc2F)CC1. The van der Waals surface area contributed by atoms with Crippen molar-refractivity contribution in [3.05, 3.63) is 29.6 Å². The molecule has 144 valence electrons. The lowest BCUT2D eigenvalue weighted by molar-refractivity contribution is -0.141. The van der Waals surface area contributed by atoms with E-state index in [1.807, 2.05) is 0 Å². The third-order valence-electron chi connectivity index (χ3n) is 4.03. The van der Waals surface area contributed by atoms with Crippen LogP contribution in [0.15, 0.2) is 18.2 Å². The van der Waals surface area contributed by atoms with E-state index in [1.165, 1.54) is 4.90 Å². The monoisotopic (exact) mass is 375 g/mol. The summed E-state index contributed by atoms with van der Waals surface area (Å²) in [5, 5.41) is 2.18. The number of rotatable bonds is 1. The Kier molecular flexibility index (Phi) is 5.48. The standard InChI is InChI=1S/C17H21F4N3O2/c1-16(2,3)14(25)23-6-8-24(9-7-23)15(26)22-13-10-11(17(19,20)21)4-5-12(13)18/h4-5,10H,6-9H2,1-3H3,(H,22,26). The highest BCUT2D eigenvalue weighted by atomic mass is 19.4. The van der Waals surface area contributed by atoms with Crippen molar-refractivity contribution < 1.29 is 27.2 Å². The number of carbonyl (C=O) groups excluding carboxylic acids is 2. The minimum Gasteiger partial charge on any atom is -0.339 e. The lowest BCUT2D eigenvalue weighted by Gasteiger charge is -2.37. The maximum absolute atomic E-state index is 13.7. The number of alkyl halides is 3. The predicted molar refractivity (Wildman–Crippen MR) is 88.0 cm³/mol. The highest BCUT2D eigenvalue weighted by Crippen LogP contribution is 2.32. The molecule has 1 aliphatic rings. The van der Waals surface area contributed by atoms with Crippen molar-refractivity contribution in [3.63, 3.8) is 0 Å². The lowest BCUT2D eigenvalue weighted by Crippen LogP contribution is -2.53. The number of nitrogens with zero attached hydrogens (tertiary/aromatic N) is 2. The third kappa shape index (κ3) is 4.64. The van der Waals surface area contributed by atoms with Crippen LogP contribution in [0.5, 0.6) is 0 Å². The van der Waals surface area contributed by atoms with Crippen molar-refractivity contribution in [1.29, 1.82) is 0 Å². The third-order valence-corrected chi connectivity index (χ3v) is 4.03. The molecule has 0 aromatic heterocycles. The number of hydrogen-bond acceptors (Lipinski definition) is 2. The normalized spacial score (nSPS) is 15.8. The fourth-order valence-corrected chi connectivity index (χ4v) is 2.58. The number of halogens is 4. The Balaban J connectivity index is 2.01. The van der Waals surface area contributed by atoms with Gasteiger partial charge in [0.1, 0.15) is 5.82 Å². The topological polar surface area (TPSA) is 52.7 Å². The Labute approximate surface area is 148 Å². The number of urea groups is 1. The summed E-state index contributed by atoms with van der Waals surface area (Å²) in [6.07, 6.45) is -4.63. The van der Waals surface area contributed by atoms with Gasteiger partial charge in [-0.1, -0.05) is 20.8 Å². The number of carbonyl (C=O) groups is 2. The van der Waals surface area contributed by atoms with Gasteiger partial charge in [-0.15, -0.1) is 0 Å². The Bertz CT molecular complexity index is 690. The molecule has 1 aliphatic heterocycles. The van der Waals surface area contributed by atoms with Crippen molar-refractivity contribution in [2.24, 2.45) is 5.41 Å². The zero-order valence-corrected chi connectivity index (χ0v) is 14.8. The van der Waals surface area contributed by atoms with Gasteiger partial charge in [-0.05, 0) is 18.2 Å². The van der Waals surface area contributed by atoms with E-state index in [9.17, 15) is 27.2 Å². The summed E-state index contributed by atoms with van der Waals surface area (Å²) in [6, 6.07) is 1.14. The van der Waals surface area contributed by atoms with Crippen LogP contribution in [0.1, 0.15) is 26.3 Å². The van der Waals surface area contributed by atoms with E-state index in [2.05, 4.69) is 5.32 Å². The van der Waals surface area contributed by atoms with Crippen LogP contribution in [-0.4, -0.2) is 47.9 Å². The molecule has 1 N–H and O–H groups in total. The quantitative estimate of drug-likeness (QED) is 0.763. The van der Waals surface area contributed by atoms with Crippen molar-refractivity contribution in [3.8, 4) is 0 Å². The van der Waals surface area contributed by atoms with E-state index >= 15 is 0 Å². The van der Waals surface area contributed by atoms with Crippen LogP contribution < -0.4 is 5.32 Å². The number of hydrogen-bond donors (Lipinski definition) is 1. The summed E-state index contributed by atoms with van der Waals surface area (Å²) in [5.41, 5.74) is -2.11. The van der Waals surface area contributed by atoms with Crippen LogP contribution in [0, 0.1) is 11.2 Å². The predicted octanol–water partition coefficient (Wildman–Crippen LogP) is 3.57. The molecule has 2 rings (SSSR count). The van der Waals surface area contributed by atoms with Crippen LogP contribution in [0.4, 0.5) is 28.0 Å². The van der Waals surface area contributed by atoms with Gasteiger partial charge in [-0.25, -0.2) is 9.18 Å². The second-order valence-electron chi connectivity index (χ2n) is 7.15. The number of nitrogens with one attached hydrogen (secondary N) is 1. The molecule has 1 aromatic rings. The Morgan fingerprint density at radius 3 is 2.04 bits per heavy atom. The zero-order valence-electron chi connectivity index (χ0n) is 14.8. The van der Waals surface area contributed by atoms with E-state index in [4.69, 9.17) is 0 Å². The van der Waals surface area contributed by atoms with Crippen molar-refractivity contribution >= 4 is 17.6 Å². The van der Waals surface area contributed by atoms with Gasteiger partial charge in [-0.3, -0.25) is 4.79 Å². The molecule has 0 atom stereocenters. The van der Waals surface area contributed by atoms with E-state index in [-0.39, 0.29) is 19.0 Å². The summed E-state index contributed by atoms with van der Waals surface area (Å²) in [5.74, 6) is -0.991. The molecule has 0 bridgehead atoms. The van der Waals surface area contributed by atoms with Gasteiger partial charge in [0.15, 0.2) is 0 Å². The van der Waals surface area contributed by atoms with Crippen LogP contribution in [0.3, 0.4) is 0 Å². The van der Waals surface area contributed by atoms with Crippen LogP contribution in [-0.2, 0) is 11.0 Å². The average molecular weight is 375 g/mol. The smallest absolute Gasteiger partial charge is 0.339 e. The van der Waals surface area contributed by atoms with E-state index < -0.39 is 34.7 Å². The summed E-state index contributed by atoms with van der Waals surface area (Å²) >= 11 is 0. The van der Waals surface area contributed by atoms with Crippen LogP contribution >= 0.6 is 0 Å². The van der Waals surface area contributed by atoms with Gasteiger partial charge in [0.2, 0.25) is 5.91 Å². The fraction of sp³-hybridized carbons (Fsp3) is 0.529. The molecule has 0 unspecified atom stereocenters. The summed E-state index contributed by atoms with van der Waals surface area (Å²) < 4.78 is 51.9. The molecule has 0 spiro atoms. The Hall–Kier alpha value is -2.32. The first-order valence-corrected chi connectivity index (χ1v) is 8.11. The highest BCUT2D eigenvalue weighted by Gasteiger charge is 2.33. The molecular weight excluding hydrogens is 354 g/mol. The fourth-order valence-electron chi connectivity index (χ4n) is 2.58. The van der Waals surface area contributed by atoms with Gasteiger partial charge in [-0.2, -0.15) is 13.2 Å². The molecule has 5 nitrogen and oxygen atoms in total. The summed E-state index contributed by atoms with van der Waals surface area (Å²) in [6.45, 7) is 6.45. The first kappa shape index (κ1) is 20.0. The van der Waals surface area contributed by atoms with E-state index in [0.29, 0.717) is 31.3 Å². The van der Waals surface area contributed by atoms with Gasteiger partial charge in [0, 0.05) is 31.6 Å². The van der Waals surface area contributed by atoms with Gasteiger partial charge in [0.05, 0.1) is 11.3 Å². The molecule has 0 aliphatic carbocycles. The molecule has 9 heteroatoms. The highest BCUT2D eigenvalue weighted by molar-refractivity contribution is 5.90. The van der Waals surface area contributed by atoms with Gasteiger partial charge in [0.25, 0.3) is 0 Å². The van der Waals surface area contributed by atoms with Crippen molar-refractivity contribution in [1.82, 2.24) is 9.80 Å². The Morgan fingerprint density at radius 1 is 1.00 bits per heavy atom. The largest absolute Gasteiger partial charge is 0.416 e. The maximum atomic E-state index is 13.7. The minimum atomic E-state index is -4.63. The van der Waals surface area contributed by atoms with E-state index in [1.54, 1.807) is 25.7 Å². The van der Waals surface area contributed by atoms with E-state index in [0.717, 1.165) is 0 Å². The summed E-state index contributed by atoms with van der Waals surface area (Å²) in [4.78, 5) is 27.4. The zero-order chi connectivity index (χ0) is 19.7. The maximum Gasteiger partial charge on any atom is 0.416 e. The van der Waals surface area contributed by atoms with Crippen molar-refractivity contribution in [2.45, 2.75) is 26.9 Å². The molecule has 0 radical (unpaired) electrons. The first-order chi connectivity index (χ1) is 11.9. The molecule has 1 heterocycles. The number of piperazine rings is 1. The van der Waals surface area contributed by atoms with Gasteiger partial charge >= 0.3 is 12.2 Å². The number of benzene rings is 1. The van der Waals surface area contributed by atoms with Crippen LogP contribution in [0.2, 0.25) is 0 Å². The number of amides is 3. The molecular formula is C17H21F4N3O2. The summed E-state index contributed by atoms with van der Waals surface area (Å²) in [7, 11) is 0. The average Bonchev–Trinajstić information content (AvgIpc) is 2.54. The first-order valence-electron chi connectivity index (χ1n) is 8.11. The molecule has 1 aromatic carbocycles. The van der Waals surface area contributed by atoms with Gasteiger partial charge < -0.3 is 15.1 Å². The second-order valence-corrected chi connectivity index (χ2v) is 7.15. The minimum absolute atomic E-state index is 0.0403. The molecule has 0 saturated carbocycles. The molecule has 26 heavy (non-hydrogen) atoms. The van der Waals surface area contributed by atoms with Crippen molar-refractivity contribution in [2.75, 3.05) is 31.5 Å². The van der Waals surface area contributed by atoms with Crippen LogP contribution in [0.25, 0.3) is 0 Å². The Morgan fingerprint density at radius 2 is 1.54 bits per heavy atom. The molecule has 1 saturated heterocycles. The lowest BCUT2D eigenvalue weighted by atomic mass is 9.94. The number of anilines is 1. The second kappa shape index (κ2) is 7.13. The molecule has 3 amide bonds. The molecule has 1 fully saturated rings.